The summed E-state index contributed by atoms with van der Waals surface area (Å²) in [6.07, 6.45) is -3.31. The van der Waals surface area contributed by atoms with Crippen LogP contribution in [-0.2, 0) is 17.3 Å². The van der Waals surface area contributed by atoms with Crippen LogP contribution in [0.5, 0.6) is 0 Å². The molecular formula is C28H27F4N3O3. The van der Waals surface area contributed by atoms with Gasteiger partial charge < -0.3 is 20.1 Å². The number of hydrogen-bond acceptors (Lipinski definition) is 5. The van der Waals surface area contributed by atoms with E-state index in [2.05, 4.69) is 15.2 Å². The van der Waals surface area contributed by atoms with Crippen LogP contribution in [-0.4, -0.2) is 55.1 Å². The Labute approximate surface area is 217 Å². The van der Waals surface area contributed by atoms with Crippen molar-refractivity contribution in [2.24, 2.45) is 5.41 Å². The second kappa shape index (κ2) is 9.99. The molecule has 0 bridgehead atoms. The van der Waals surface area contributed by atoms with Crippen molar-refractivity contribution in [1.82, 2.24) is 4.98 Å². The largest absolute Gasteiger partial charge is 0.433 e. The second-order valence-electron chi connectivity index (χ2n) is 9.87. The normalized spacial score (nSPS) is 21.0. The zero-order valence-electron chi connectivity index (χ0n) is 20.7. The zero-order valence-corrected chi connectivity index (χ0v) is 20.7. The summed E-state index contributed by atoms with van der Waals surface area (Å²) in [5.41, 5.74) is 2.78. The third-order valence-electron chi connectivity index (χ3n) is 7.47. The average Bonchev–Trinajstić information content (AvgIpc) is 2.93. The molecule has 10 heteroatoms. The topological polar surface area (TPSA) is 74.7 Å². The number of aliphatic hydroxyl groups is 1. The fourth-order valence-electron chi connectivity index (χ4n) is 5.33. The smallest absolute Gasteiger partial charge is 0.396 e. The lowest BCUT2D eigenvalue weighted by molar-refractivity contribution is -0.141. The lowest BCUT2D eigenvalue weighted by atomic mass is 9.72. The van der Waals surface area contributed by atoms with Crippen molar-refractivity contribution in [2.75, 3.05) is 43.3 Å². The molecule has 1 amide bonds. The van der Waals surface area contributed by atoms with Crippen LogP contribution in [0.2, 0.25) is 0 Å². The number of rotatable bonds is 5. The monoisotopic (exact) mass is 529 g/mol. The van der Waals surface area contributed by atoms with Gasteiger partial charge in [0.15, 0.2) is 0 Å². The van der Waals surface area contributed by atoms with Gasteiger partial charge in [-0.15, -0.1) is 0 Å². The van der Waals surface area contributed by atoms with Crippen LogP contribution in [0.25, 0.3) is 11.1 Å². The van der Waals surface area contributed by atoms with Gasteiger partial charge >= 0.3 is 6.18 Å². The number of carbonyl (C=O) groups is 1. The molecule has 0 aliphatic carbocycles. The molecule has 2 aromatic carbocycles. The third-order valence-corrected chi connectivity index (χ3v) is 7.47. The summed E-state index contributed by atoms with van der Waals surface area (Å²) in [7, 11) is 0. The Morgan fingerprint density at radius 1 is 1.21 bits per heavy atom. The minimum atomic E-state index is -4.65. The zero-order chi connectivity index (χ0) is 27.1. The van der Waals surface area contributed by atoms with E-state index >= 15 is 0 Å². The van der Waals surface area contributed by atoms with E-state index in [1.165, 1.54) is 6.07 Å². The van der Waals surface area contributed by atoms with Gasteiger partial charge in [-0.2, -0.15) is 13.2 Å². The SMILES string of the molecule is Cc1ccc(NC(=O)c2ccnc(C(F)(F)F)c2)cc1-c1ccc2c(c1)N1CCOC[C@H]1[C@](CO)(CF)C2. The summed E-state index contributed by atoms with van der Waals surface area (Å²) >= 11 is 0. The third kappa shape index (κ3) is 4.74. The van der Waals surface area contributed by atoms with Gasteiger partial charge in [0.25, 0.3) is 5.91 Å². The molecule has 1 aromatic heterocycles. The highest BCUT2D eigenvalue weighted by Crippen LogP contribution is 2.44. The van der Waals surface area contributed by atoms with Crippen LogP contribution in [0.3, 0.4) is 0 Å². The molecule has 3 heterocycles. The van der Waals surface area contributed by atoms with E-state index in [1.807, 2.05) is 31.2 Å². The van der Waals surface area contributed by atoms with Crippen LogP contribution >= 0.6 is 0 Å². The van der Waals surface area contributed by atoms with Gasteiger partial charge in [-0.25, -0.2) is 0 Å². The molecule has 0 radical (unpaired) electrons. The van der Waals surface area contributed by atoms with Crippen molar-refractivity contribution in [3.63, 3.8) is 0 Å². The Kier molecular flexibility index (Phi) is 6.87. The molecule has 2 aliphatic rings. The highest BCUT2D eigenvalue weighted by atomic mass is 19.4. The molecule has 3 aromatic rings. The minimum absolute atomic E-state index is 0.151. The van der Waals surface area contributed by atoms with Crippen LogP contribution < -0.4 is 10.2 Å². The number of anilines is 2. The molecule has 6 nitrogen and oxygen atoms in total. The maximum atomic E-state index is 14.2. The van der Waals surface area contributed by atoms with Gasteiger partial charge in [-0.05, 0) is 65.9 Å². The van der Waals surface area contributed by atoms with E-state index in [1.54, 1.807) is 12.1 Å². The number of morpholine rings is 1. The van der Waals surface area contributed by atoms with Crippen LogP contribution in [0.1, 0.15) is 27.2 Å². The number of benzene rings is 2. The highest BCUT2D eigenvalue weighted by Gasteiger charge is 2.48. The molecule has 0 spiro atoms. The van der Waals surface area contributed by atoms with Crippen molar-refractivity contribution in [2.45, 2.75) is 25.6 Å². The van der Waals surface area contributed by atoms with E-state index < -0.39 is 29.9 Å². The number of halogens is 4. The first kappa shape index (κ1) is 26.1. The number of carbonyl (C=O) groups excluding carboxylic acids is 1. The summed E-state index contributed by atoms with van der Waals surface area (Å²) in [6, 6.07) is 12.8. The van der Waals surface area contributed by atoms with Crippen molar-refractivity contribution in [1.29, 1.82) is 0 Å². The first-order valence-corrected chi connectivity index (χ1v) is 12.2. The molecule has 0 saturated carbocycles. The number of aliphatic hydroxyl groups excluding tert-OH is 1. The van der Waals surface area contributed by atoms with Gasteiger partial charge in [0.1, 0.15) is 5.69 Å². The number of ether oxygens (including phenoxy) is 1. The first-order valence-electron chi connectivity index (χ1n) is 12.2. The Morgan fingerprint density at radius 3 is 2.76 bits per heavy atom. The van der Waals surface area contributed by atoms with E-state index in [9.17, 15) is 27.5 Å². The lowest BCUT2D eigenvalue weighted by Gasteiger charge is -2.51. The molecule has 1 fully saturated rings. The highest BCUT2D eigenvalue weighted by molar-refractivity contribution is 6.04. The Balaban J connectivity index is 1.45. The van der Waals surface area contributed by atoms with E-state index in [0.29, 0.717) is 31.9 Å². The van der Waals surface area contributed by atoms with Gasteiger partial charge in [0, 0.05) is 35.1 Å². The van der Waals surface area contributed by atoms with Gasteiger partial charge in [0.2, 0.25) is 0 Å². The fourth-order valence-corrected chi connectivity index (χ4v) is 5.33. The second-order valence-corrected chi connectivity index (χ2v) is 9.87. The number of pyridine rings is 1. The molecule has 1 saturated heterocycles. The number of aryl methyl sites for hydroxylation is 1. The van der Waals surface area contributed by atoms with Crippen LogP contribution in [0, 0.1) is 12.3 Å². The molecule has 2 aliphatic heterocycles. The van der Waals surface area contributed by atoms with Gasteiger partial charge in [0.05, 0.1) is 32.5 Å². The summed E-state index contributed by atoms with van der Waals surface area (Å²) in [6.45, 7) is 2.40. The quantitative estimate of drug-likeness (QED) is 0.453. The molecular weight excluding hydrogens is 502 g/mol. The average molecular weight is 530 g/mol. The number of nitrogens with one attached hydrogen (secondary N) is 1. The minimum Gasteiger partial charge on any atom is -0.396 e. The van der Waals surface area contributed by atoms with E-state index in [-0.39, 0.29) is 18.2 Å². The number of aromatic nitrogens is 1. The predicted molar refractivity (Wildman–Crippen MR) is 135 cm³/mol. The molecule has 0 unspecified atom stereocenters. The number of alkyl halides is 4. The van der Waals surface area contributed by atoms with Gasteiger partial charge in [-0.3, -0.25) is 14.2 Å². The lowest BCUT2D eigenvalue weighted by Crippen LogP contribution is -2.61. The first-order chi connectivity index (χ1) is 18.1. The van der Waals surface area contributed by atoms with Crippen molar-refractivity contribution in [3.05, 3.63) is 77.1 Å². The molecule has 200 valence electrons. The van der Waals surface area contributed by atoms with Gasteiger partial charge in [-0.1, -0.05) is 18.2 Å². The van der Waals surface area contributed by atoms with Crippen LogP contribution in [0.4, 0.5) is 28.9 Å². The Bertz CT molecular complexity index is 1360. The van der Waals surface area contributed by atoms with Crippen molar-refractivity contribution in [3.8, 4) is 11.1 Å². The molecule has 5 rings (SSSR count). The molecule has 38 heavy (non-hydrogen) atoms. The van der Waals surface area contributed by atoms with Crippen molar-refractivity contribution >= 4 is 17.3 Å². The summed E-state index contributed by atoms with van der Waals surface area (Å²) in [4.78, 5) is 18.1. The summed E-state index contributed by atoms with van der Waals surface area (Å²) < 4.78 is 58.9. The maximum Gasteiger partial charge on any atom is 0.433 e. The standard InChI is InChI=1S/C28H27F4N3O3/c1-17-2-5-21(34-26(37)19-6-7-33-24(11-19)28(30,31)32)12-22(17)18-3-4-20-13-27(15-29,16-36)25-14-38-9-8-35(25)23(20)10-18/h2-7,10-12,25,36H,8-9,13-16H2,1H3,(H,34,37)/t25-,27-/m0/s1. The predicted octanol–water partition coefficient (Wildman–Crippen LogP) is 5.04. The fraction of sp³-hybridized carbons (Fsp3) is 0.357. The Hall–Kier alpha value is -3.50. The van der Waals surface area contributed by atoms with E-state index in [4.69, 9.17) is 4.74 Å². The molecule has 2 N–H and O–H groups in total. The van der Waals surface area contributed by atoms with E-state index in [0.717, 1.165) is 40.2 Å². The number of fused-ring (bicyclic) bond motifs is 3. The number of hydrogen-bond donors (Lipinski definition) is 2. The summed E-state index contributed by atoms with van der Waals surface area (Å²) in [5.74, 6) is -0.680. The number of nitrogens with zero attached hydrogens (tertiary/aromatic N) is 2. The summed E-state index contributed by atoms with van der Waals surface area (Å²) in [5, 5.41) is 12.8. The van der Waals surface area contributed by atoms with Crippen LogP contribution in [0.15, 0.2) is 54.7 Å². The van der Waals surface area contributed by atoms with Crippen molar-refractivity contribution < 1.29 is 32.2 Å². The maximum absolute atomic E-state index is 14.2. The Morgan fingerprint density at radius 2 is 2.03 bits per heavy atom. The number of amides is 1. The molecule has 2 atom stereocenters.